The van der Waals surface area contributed by atoms with Gasteiger partial charge in [-0.15, -0.1) is 0 Å². The van der Waals surface area contributed by atoms with Crippen LogP contribution in [0.25, 0.3) is 11.0 Å². The molecule has 0 aliphatic carbocycles. The highest BCUT2D eigenvalue weighted by Gasteiger charge is 2.43. The van der Waals surface area contributed by atoms with Crippen LogP contribution in [-0.2, 0) is 6.05 Å². The van der Waals surface area contributed by atoms with Gasteiger partial charge in [0.05, 0.1) is 11.0 Å². The molecule has 1 N–H and O–H groups in total. The molecular formula is C16H13BrF2N2O. The molecule has 3 nitrogen and oxygen atoms in total. The van der Waals surface area contributed by atoms with E-state index in [9.17, 15) is 13.9 Å². The number of imidazole rings is 1. The van der Waals surface area contributed by atoms with Gasteiger partial charge in [-0.3, -0.25) is 4.57 Å². The van der Waals surface area contributed by atoms with Crippen molar-refractivity contribution in [1.82, 2.24) is 9.55 Å². The fourth-order valence-electron chi connectivity index (χ4n) is 2.49. The molecule has 1 heterocycles. The molecule has 1 atom stereocenters. The van der Waals surface area contributed by atoms with Crippen LogP contribution in [0, 0.1) is 6.92 Å². The van der Waals surface area contributed by atoms with Crippen LogP contribution in [-0.4, -0.2) is 14.7 Å². The van der Waals surface area contributed by atoms with E-state index in [4.69, 9.17) is 0 Å². The van der Waals surface area contributed by atoms with E-state index in [2.05, 4.69) is 20.9 Å². The number of aryl methyl sites for hydroxylation is 1. The van der Waals surface area contributed by atoms with Crippen LogP contribution in [0.3, 0.4) is 0 Å². The minimum Gasteiger partial charge on any atom is -0.380 e. The van der Waals surface area contributed by atoms with Gasteiger partial charge < -0.3 is 5.11 Å². The Hall–Kier alpha value is -1.79. The van der Waals surface area contributed by atoms with Gasteiger partial charge in [0.25, 0.3) is 0 Å². The van der Waals surface area contributed by atoms with Crippen LogP contribution in [0.15, 0.2) is 53.0 Å². The topological polar surface area (TPSA) is 38.0 Å². The lowest BCUT2D eigenvalue weighted by atomic mass is 10.1. The average molecular weight is 367 g/mol. The minimum absolute atomic E-state index is 0.144. The lowest BCUT2D eigenvalue weighted by Gasteiger charge is -2.25. The van der Waals surface area contributed by atoms with E-state index in [1.54, 1.807) is 36.4 Å². The molecule has 3 aromatic rings. The molecule has 114 valence electrons. The van der Waals surface area contributed by atoms with Crippen LogP contribution in [0.2, 0.25) is 0 Å². The van der Waals surface area contributed by atoms with Crippen molar-refractivity contribution < 1.29 is 13.9 Å². The Balaban J connectivity index is 2.11. The molecule has 0 saturated heterocycles. The van der Waals surface area contributed by atoms with E-state index in [-0.39, 0.29) is 11.4 Å². The fourth-order valence-corrected chi connectivity index (χ4v) is 2.75. The summed E-state index contributed by atoms with van der Waals surface area (Å²) in [6.45, 7) is 1.50. The molecule has 0 fully saturated rings. The number of hydrogen-bond donors (Lipinski definition) is 1. The van der Waals surface area contributed by atoms with Crippen LogP contribution in [0.1, 0.15) is 17.5 Å². The Morgan fingerprint density at radius 3 is 2.45 bits per heavy atom. The maximum atomic E-state index is 14.8. The summed E-state index contributed by atoms with van der Waals surface area (Å²) in [5, 5.41) is 10.2. The number of alkyl halides is 2. The van der Waals surface area contributed by atoms with Gasteiger partial charge in [0, 0.05) is 4.47 Å². The second-order valence-electron chi connectivity index (χ2n) is 5.03. The smallest absolute Gasteiger partial charge is 0.360 e. The standard InChI is InChI=1S/C16H13BrF2N2O/c1-10-20-13-4-2-3-5-14(13)21(10)16(18,19)15(22)11-6-8-12(17)9-7-11/h2-9,15,22H,1H3/t15-/m0/s1. The molecule has 0 spiro atoms. The van der Waals surface area contributed by atoms with Gasteiger partial charge in [-0.1, -0.05) is 40.2 Å². The third-order valence-corrected chi connectivity index (χ3v) is 4.07. The monoisotopic (exact) mass is 366 g/mol. The van der Waals surface area contributed by atoms with E-state index in [0.717, 1.165) is 9.04 Å². The predicted octanol–water partition coefficient (Wildman–Crippen LogP) is 4.39. The number of rotatable bonds is 3. The molecule has 0 bridgehead atoms. The van der Waals surface area contributed by atoms with Gasteiger partial charge in [0.15, 0.2) is 6.10 Å². The molecule has 2 aromatic carbocycles. The van der Waals surface area contributed by atoms with Crippen molar-refractivity contribution in [3.8, 4) is 0 Å². The molecule has 0 unspecified atom stereocenters. The Labute approximate surface area is 134 Å². The molecule has 0 saturated carbocycles. The van der Waals surface area contributed by atoms with Gasteiger partial charge in [0.2, 0.25) is 0 Å². The first-order valence-electron chi connectivity index (χ1n) is 6.67. The first-order valence-corrected chi connectivity index (χ1v) is 7.46. The van der Waals surface area contributed by atoms with Gasteiger partial charge in [-0.2, -0.15) is 8.78 Å². The van der Waals surface area contributed by atoms with Crippen molar-refractivity contribution >= 4 is 27.0 Å². The second kappa shape index (κ2) is 5.44. The van der Waals surface area contributed by atoms with Crippen molar-refractivity contribution in [3.63, 3.8) is 0 Å². The quantitative estimate of drug-likeness (QED) is 0.746. The molecule has 0 radical (unpaired) electrons. The van der Waals surface area contributed by atoms with E-state index in [1.807, 2.05) is 0 Å². The van der Waals surface area contributed by atoms with Gasteiger partial charge >= 0.3 is 6.05 Å². The molecule has 0 amide bonds. The minimum atomic E-state index is -3.51. The summed E-state index contributed by atoms with van der Waals surface area (Å²) in [6.07, 6.45) is -1.96. The number of para-hydroxylation sites is 2. The van der Waals surface area contributed by atoms with E-state index < -0.39 is 12.2 Å². The van der Waals surface area contributed by atoms with Gasteiger partial charge in [-0.25, -0.2) is 4.98 Å². The molecule has 0 aliphatic rings. The number of hydrogen-bond acceptors (Lipinski definition) is 2. The molecule has 3 rings (SSSR count). The molecule has 22 heavy (non-hydrogen) atoms. The molecular weight excluding hydrogens is 354 g/mol. The highest BCUT2D eigenvalue weighted by Crippen LogP contribution is 2.39. The van der Waals surface area contributed by atoms with Crippen LogP contribution < -0.4 is 0 Å². The van der Waals surface area contributed by atoms with Crippen LogP contribution >= 0.6 is 15.9 Å². The number of fused-ring (bicyclic) bond motifs is 1. The van der Waals surface area contributed by atoms with Gasteiger partial charge in [-0.05, 0) is 36.8 Å². The fraction of sp³-hybridized carbons (Fsp3) is 0.188. The molecule has 6 heteroatoms. The predicted molar refractivity (Wildman–Crippen MR) is 83.8 cm³/mol. The third kappa shape index (κ3) is 2.42. The zero-order chi connectivity index (χ0) is 15.9. The largest absolute Gasteiger partial charge is 0.380 e. The number of aliphatic hydroxyl groups excluding tert-OH is 1. The van der Waals surface area contributed by atoms with Crippen molar-refractivity contribution in [3.05, 3.63) is 64.4 Å². The highest BCUT2D eigenvalue weighted by molar-refractivity contribution is 9.10. The summed E-state index contributed by atoms with van der Waals surface area (Å²) in [5.74, 6) is 0.155. The summed E-state index contributed by atoms with van der Waals surface area (Å²) in [6, 6.07) is 9.31. The second-order valence-corrected chi connectivity index (χ2v) is 5.94. The summed E-state index contributed by atoms with van der Waals surface area (Å²) in [5.41, 5.74) is 0.911. The molecule has 0 aliphatic heterocycles. The zero-order valence-corrected chi connectivity index (χ0v) is 13.3. The summed E-state index contributed by atoms with van der Waals surface area (Å²) < 4.78 is 31.2. The van der Waals surface area contributed by atoms with Crippen molar-refractivity contribution in [2.75, 3.05) is 0 Å². The molecule has 1 aromatic heterocycles. The van der Waals surface area contributed by atoms with Crippen molar-refractivity contribution in [2.24, 2.45) is 0 Å². The Kier molecular flexibility index (Phi) is 3.74. The Bertz CT molecular complexity index is 815. The van der Waals surface area contributed by atoms with Crippen LogP contribution in [0.5, 0.6) is 0 Å². The normalized spacial score (nSPS) is 13.5. The van der Waals surface area contributed by atoms with E-state index in [1.165, 1.54) is 19.1 Å². The number of halogens is 3. The summed E-state index contributed by atoms with van der Waals surface area (Å²) in [7, 11) is 0. The Morgan fingerprint density at radius 2 is 1.77 bits per heavy atom. The zero-order valence-electron chi connectivity index (χ0n) is 11.7. The number of aromatic nitrogens is 2. The lowest BCUT2D eigenvalue weighted by Crippen LogP contribution is -2.31. The SMILES string of the molecule is Cc1nc2ccccc2n1C(F)(F)[C@@H](O)c1ccc(Br)cc1. The summed E-state index contributed by atoms with van der Waals surface area (Å²) >= 11 is 3.24. The van der Waals surface area contributed by atoms with E-state index in [0.29, 0.717) is 11.0 Å². The maximum absolute atomic E-state index is 14.8. The lowest BCUT2D eigenvalue weighted by molar-refractivity contribution is -0.173. The maximum Gasteiger partial charge on any atom is 0.360 e. The number of nitrogens with zero attached hydrogens (tertiary/aromatic N) is 2. The van der Waals surface area contributed by atoms with Crippen molar-refractivity contribution in [2.45, 2.75) is 19.1 Å². The van der Waals surface area contributed by atoms with E-state index >= 15 is 0 Å². The highest BCUT2D eigenvalue weighted by atomic mass is 79.9. The average Bonchev–Trinajstić information content (AvgIpc) is 2.83. The van der Waals surface area contributed by atoms with Crippen LogP contribution in [0.4, 0.5) is 8.78 Å². The summed E-state index contributed by atoms with van der Waals surface area (Å²) in [4.78, 5) is 4.13. The number of aliphatic hydroxyl groups is 1. The van der Waals surface area contributed by atoms with Crippen molar-refractivity contribution in [1.29, 1.82) is 0 Å². The Morgan fingerprint density at radius 1 is 1.14 bits per heavy atom. The first kappa shape index (κ1) is 15.1. The van der Waals surface area contributed by atoms with Gasteiger partial charge in [0.1, 0.15) is 5.82 Å². The number of benzene rings is 2. The third-order valence-electron chi connectivity index (χ3n) is 3.54. The first-order chi connectivity index (χ1) is 10.4.